The van der Waals surface area contributed by atoms with Gasteiger partial charge in [-0.25, -0.2) is 4.79 Å². The second kappa shape index (κ2) is 6.38. The SMILES string of the molecule is C=CC1CCN(C(=O)c2cc(C(=O)O)cc([N+](=O)[O-])c2)CC1. The van der Waals surface area contributed by atoms with Gasteiger partial charge in [-0.3, -0.25) is 14.9 Å². The summed E-state index contributed by atoms with van der Waals surface area (Å²) in [7, 11) is 0. The third kappa shape index (κ3) is 3.30. The fraction of sp³-hybridized carbons (Fsp3) is 0.333. The number of non-ortho nitro benzene ring substituents is 1. The normalized spacial score (nSPS) is 15.4. The molecular formula is C15H16N2O5. The maximum absolute atomic E-state index is 12.4. The van der Waals surface area contributed by atoms with Crippen LogP contribution in [0.3, 0.4) is 0 Å². The number of benzene rings is 1. The Hall–Kier alpha value is -2.70. The lowest BCUT2D eigenvalue weighted by atomic mass is 9.96. The van der Waals surface area contributed by atoms with E-state index in [9.17, 15) is 19.7 Å². The smallest absolute Gasteiger partial charge is 0.335 e. The lowest BCUT2D eigenvalue weighted by molar-refractivity contribution is -0.384. The van der Waals surface area contributed by atoms with Crippen LogP contribution >= 0.6 is 0 Å². The van der Waals surface area contributed by atoms with Gasteiger partial charge in [0.15, 0.2) is 0 Å². The van der Waals surface area contributed by atoms with Crippen molar-refractivity contribution in [3.05, 3.63) is 52.1 Å². The Kier molecular flexibility index (Phi) is 4.55. The van der Waals surface area contributed by atoms with Crippen LogP contribution in [-0.2, 0) is 0 Å². The molecule has 0 spiro atoms. The lowest BCUT2D eigenvalue weighted by Crippen LogP contribution is -2.38. The van der Waals surface area contributed by atoms with Crippen molar-refractivity contribution < 1.29 is 19.6 Å². The molecule has 7 nitrogen and oxygen atoms in total. The highest BCUT2D eigenvalue weighted by Crippen LogP contribution is 2.22. The summed E-state index contributed by atoms with van der Waals surface area (Å²) >= 11 is 0. The van der Waals surface area contributed by atoms with Crippen molar-refractivity contribution in [1.29, 1.82) is 0 Å². The third-order valence-corrected chi connectivity index (χ3v) is 3.78. The number of carbonyl (C=O) groups excluding carboxylic acids is 1. The highest BCUT2D eigenvalue weighted by molar-refractivity contribution is 5.98. The topological polar surface area (TPSA) is 101 Å². The van der Waals surface area contributed by atoms with Crippen LogP contribution in [0.25, 0.3) is 0 Å². The molecule has 0 aliphatic carbocycles. The Morgan fingerprint density at radius 2 is 1.86 bits per heavy atom. The predicted molar refractivity (Wildman–Crippen MR) is 78.9 cm³/mol. The molecule has 1 aromatic rings. The molecule has 1 N–H and O–H groups in total. The van der Waals surface area contributed by atoms with E-state index in [-0.39, 0.29) is 17.0 Å². The molecule has 1 aliphatic heterocycles. The Balaban J connectivity index is 2.27. The van der Waals surface area contributed by atoms with Gasteiger partial charge in [-0.15, -0.1) is 6.58 Å². The maximum Gasteiger partial charge on any atom is 0.335 e. The highest BCUT2D eigenvalue weighted by atomic mass is 16.6. The van der Waals surface area contributed by atoms with Gasteiger partial charge in [-0.05, 0) is 24.8 Å². The maximum atomic E-state index is 12.4. The zero-order chi connectivity index (χ0) is 16.3. The van der Waals surface area contributed by atoms with Gasteiger partial charge in [-0.2, -0.15) is 0 Å². The number of rotatable bonds is 4. The van der Waals surface area contributed by atoms with Crippen LogP contribution in [-0.4, -0.2) is 39.9 Å². The average Bonchev–Trinajstić information content (AvgIpc) is 2.53. The summed E-state index contributed by atoms with van der Waals surface area (Å²) < 4.78 is 0. The quantitative estimate of drug-likeness (QED) is 0.522. The largest absolute Gasteiger partial charge is 0.478 e. The summed E-state index contributed by atoms with van der Waals surface area (Å²) in [5.74, 6) is -1.32. The van der Waals surface area contributed by atoms with Gasteiger partial charge < -0.3 is 10.0 Å². The first-order valence-electron chi connectivity index (χ1n) is 6.87. The van der Waals surface area contributed by atoms with Crippen molar-refractivity contribution >= 4 is 17.6 Å². The average molecular weight is 304 g/mol. The molecule has 0 saturated carbocycles. The minimum Gasteiger partial charge on any atom is -0.478 e. The van der Waals surface area contributed by atoms with Gasteiger partial charge in [0.1, 0.15) is 0 Å². The minimum absolute atomic E-state index is 0.0312. The van der Waals surface area contributed by atoms with Crippen molar-refractivity contribution in [3.8, 4) is 0 Å². The van der Waals surface area contributed by atoms with Crippen LogP contribution in [0.15, 0.2) is 30.9 Å². The zero-order valence-corrected chi connectivity index (χ0v) is 11.9. The first-order valence-corrected chi connectivity index (χ1v) is 6.87. The van der Waals surface area contributed by atoms with Crippen LogP contribution in [0.5, 0.6) is 0 Å². The number of amides is 1. The number of likely N-dealkylation sites (tertiary alicyclic amines) is 1. The minimum atomic E-state index is -1.30. The first-order chi connectivity index (χ1) is 10.4. The molecule has 1 amide bonds. The lowest BCUT2D eigenvalue weighted by Gasteiger charge is -2.30. The molecule has 0 bridgehead atoms. The summed E-state index contributed by atoms with van der Waals surface area (Å²) in [6, 6.07) is 3.24. The number of allylic oxidation sites excluding steroid dienone is 1. The molecule has 7 heteroatoms. The molecule has 0 radical (unpaired) electrons. The van der Waals surface area contributed by atoms with Crippen molar-refractivity contribution in [2.45, 2.75) is 12.8 Å². The van der Waals surface area contributed by atoms with Crippen LogP contribution < -0.4 is 0 Å². The Bertz CT molecular complexity index is 601. The molecule has 1 aliphatic rings. The van der Waals surface area contributed by atoms with Crippen LogP contribution in [0.2, 0.25) is 0 Å². The van der Waals surface area contributed by atoms with Gasteiger partial charge >= 0.3 is 5.97 Å². The van der Waals surface area contributed by atoms with Crippen molar-refractivity contribution in [2.24, 2.45) is 5.92 Å². The fourth-order valence-corrected chi connectivity index (χ4v) is 2.48. The molecule has 2 rings (SSSR count). The highest BCUT2D eigenvalue weighted by Gasteiger charge is 2.24. The summed E-state index contributed by atoms with van der Waals surface area (Å²) in [5.41, 5.74) is -0.633. The third-order valence-electron chi connectivity index (χ3n) is 3.78. The van der Waals surface area contributed by atoms with E-state index in [1.54, 1.807) is 4.90 Å². The Morgan fingerprint density at radius 1 is 1.27 bits per heavy atom. The van der Waals surface area contributed by atoms with Gasteiger partial charge in [-0.1, -0.05) is 6.08 Å². The first kappa shape index (κ1) is 15.7. The fourth-order valence-electron chi connectivity index (χ4n) is 2.48. The number of aromatic carboxylic acids is 1. The molecule has 1 saturated heterocycles. The molecular weight excluding hydrogens is 288 g/mol. The van der Waals surface area contributed by atoms with Gasteiger partial charge in [0, 0.05) is 30.8 Å². The van der Waals surface area contributed by atoms with Crippen LogP contribution in [0.1, 0.15) is 33.6 Å². The number of nitro benzene ring substituents is 1. The number of carboxylic acid groups (broad SMARTS) is 1. The molecule has 0 aromatic heterocycles. The number of carboxylic acids is 1. The number of nitrogens with zero attached hydrogens (tertiary/aromatic N) is 2. The monoisotopic (exact) mass is 304 g/mol. The molecule has 1 heterocycles. The van der Waals surface area contributed by atoms with E-state index in [1.165, 1.54) is 6.07 Å². The van der Waals surface area contributed by atoms with Crippen molar-refractivity contribution in [3.63, 3.8) is 0 Å². The van der Waals surface area contributed by atoms with E-state index in [0.29, 0.717) is 19.0 Å². The number of carbonyl (C=O) groups is 2. The Labute approximate surface area is 127 Å². The Morgan fingerprint density at radius 3 is 2.36 bits per heavy atom. The van der Waals surface area contributed by atoms with Gasteiger partial charge in [0.05, 0.1) is 10.5 Å². The molecule has 0 atom stereocenters. The standard InChI is InChI=1S/C15H16N2O5/c1-2-10-3-5-16(6-4-10)14(18)11-7-12(15(19)20)9-13(8-11)17(21)22/h2,7-10H,1,3-6H2,(H,19,20). The van der Waals surface area contributed by atoms with E-state index in [0.717, 1.165) is 25.0 Å². The molecule has 22 heavy (non-hydrogen) atoms. The number of piperidine rings is 1. The van der Waals surface area contributed by atoms with Gasteiger partial charge in [0.2, 0.25) is 0 Å². The summed E-state index contributed by atoms with van der Waals surface area (Å²) in [5, 5.41) is 19.9. The zero-order valence-electron chi connectivity index (χ0n) is 11.9. The van der Waals surface area contributed by atoms with E-state index in [2.05, 4.69) is 6.58 Å². The van der Waals surface area contributed by atoms with E-state index in [1.807, 2.05) is 6.08 Å². The number of hydrogen-bond donors (Lipinski definition) is 1. The van der Waals surface area contributed by atoms with Crippen molar-refractivity contribution in [1.82, 2.24) is 4.90 Å². The predicted octanol–water partition coefficient (Wildman–Crippen LogP) is 2.33. The number of nitro groups is 1. The molecule has 116 valence electrons. The van der Waals surface area contributed by atoms with E-state index in [4.69, 9.17) is 5.11 Å². The van der Waals surface area contributed by atoms with E-state index < -0.39 is 16.6 Å². The van der Waals surface area contributed by atoms with Crippen LogP contribution in [0.4, 0.5) is 5.69 Å². The second-order valence-electron chi connectivity index (χ2n) is 5.20. The number of hydrogen-bond acceptors (Lipinski definition) is 4. The molecule has 1 fully saturated rings. The van der Waals surface area contributed by atoms with Crippen molar-refractivity contribution in [2.75, 3.05) is 13.1 Å². The molecule has 1 aromatic carbocycles. The molecule has 0 unspecified atom stereocenters. The van der Waals surface area contributed by atoms with E-state index >= 15 is 0 Å². The second-order valence-corrected chi connectivity index (χ2v) is 5.20. The summed E-state index contributed by atoms with van der Waals surface area (Å²) in [6.07, 6.45) is 3.43. The summed E-state index contributed by atoms with van der Waals surface area (Å²) in [4.78, 5) is 35.3. The van der Waals surface area contributed by atoms with Crippen LogP contribution in [0, 0.1) is 16.0 Å². The van der Waals surface area contributed by atoms with Gasteiger partial charge in [0.25, 0.3) is 11.6 Å². The summed E-state index contributed by atoms with van der Waals surface area (Å²) in [6.45, 7) is 4.79.